The SMILES string of the molecule is COC(=O)c1cnc(Nc2ccc(C(C)(C)C#N)cc2)c([N+](=O)[O-])c1. The van der Waals surface area contributed by atoms with Crippen LogP contribution in [-0.4, -0.2) is 23.0 Å². The zero-order valence-corrected chi connectivity index (χ0v) is 13.9. The van der Waals surface area contributed by atoms with Crippen molar-refractivity contribution in [1.82, 2.24) is 4.98 Å². The molecule has 1 heterocycles. The first-order valence-electron chi connectivity index (χ1n) is 7.30. The number of benzene rings is 1. The standard InChI is InChI=1S/C17H16N4O4/c1-17(2,10-18)12-4-6-13(7-5-12)20-15-14(21(23)24)8-11(9-19-15)16(22)25-3/h4-9H,1-3H3,(H,19,20). The second kappa shape index (κ2) is 6.97. The Labute approximate surface area is 144 Å². The van der Waals surface area contributed by atoms with E-state index in [0.29, 0.717) is 5.69 Å². The van der Waals surface area contributed by atoms with Gasteiger partial charge in [-0.05, 0) is 31.5 Å². The summed E-state index contributed by atoms with van der Waals surface area (Å²) in [5.74, 6) is -0.699. The summed E-state index contributed by atoms with van der Waals surface area (Å²) in [7, 11) is 1.19. The molecule has 1 aromatic carbocycles. The van der Waals surface area contributed by atoms with E-state index in [1.807, 2.05) is 0 Å². The van der Waals surface area contributed by atoms with Crippen molar-refractivity contribution in [2.75, 3.05) is 12.4 Å². The molecule has 0 fully saturated rings. The van der Waals surface area contributed by atoms with Gasteiger partial charge in [-0.2, -0.15) is 5.26 Å². The van der Waals surface area contributed by atoms with Gasteiger partial charge in [0.1, 0.15) is 0 Å². The highest BCUT2D eigenvalue weighted by Gasteiger charge is 2.21. The number of esters is 1. The van der Waals surface area contributed by atoms with E-state index in [1.54, 1.807) is 38.1 Å². The molecule has 1 aromatic heterocycles. The fourth-order valence-electron chi connectivity index (χ4n) is 2.09. The molecule has 0 radical (unpaired) electrons. The van der Waals surface area contributed by atoms with Gasteiger partial charge in [-0.15, -0.1) is 0 Å². The molecular formula is C17H16N4O4. The molecule has 0 aliphatic heterocycles. The van der Waals surface area contributed by atoms with Crippen LogP contribution in [0, 0.1) is 21.4 Å². The van der Waals surface area contributed by atoms with E-state index >= 15 is 0 Å². The molecule has 0 saturated carbocycles. The second-order valence-electron chi connectivity index (χ2n) is 5.78. The highest BCUT2D eigenvalue weighted by molar-refractivity contribution is 5.90. The third-order valence-corrected chi connectivity index (χ3v) is 3.63. The summed E-state index contributed by atoms with van der Waals surface area (Å²) in [5.41, 5.74) is 0.406. The van der Waals surface area contributed by atoms with Gasteiger partial charge >= 0.3 is 11.7 Å². The number of methoxy groups -OCH3 is 1. The Hall–Kier alpha value is -3.47. The highest BCUT2D eigenvalue weighted by atomic mass is 16.6. The Morgan fingerprint density at radius 3 is 2.52 bits per heavy atom. The number of aromatic nitrogens is 1. The van der Waals surface area contributed by atoms with Crippen LogP contribution in [0.25, 0.3) is 0 Å². The number of ether oxygens (including phenoxy) is 1. The van der Waals surface area contributed by atoms with Crippen molar-refractivity contribution in [3.63, 3.8) is 0 Å². The summed E-state index contributed by atoms with van der Waals surface area (Å²) in [6, 6.07) is 10.2. The lowest BCUT2D eigenvalue weighted by Crippen LogP contribution is -2.13. The number of nitriles is 1. The fraction of sp³-hybridized carbons (Fsp3) is 0.235. The largest absolute Gasteiger partial charge is 0.465 e. The van der Waals surface area contributed by atoms with Crippen LogP contribution >= 0.6 is 0 Å². The molecule has 0 unspecified atom stereocenters. The van der Waals surface area contributed by atoms with Crippen molar-refractivity contribution >= 4 is 23.2 Å². The van der Waals surface area contributed by atoms with E-state index in [2.05, 4.69) is 21.1 Å². The molecule has 1 N–H and O–H groups in total. The molecule has 2 aromatic rings. The van der Waals surface area contributed by atoms with Crippen LogP contribution in [0.1, 0.15) is 29.8 Å². The molecule has 0 aliphatic carbocycles. The number of pyridine rings is 1. The molecule has 0 saturated heterocycles. The van der Waals surface area contributed by atoms with Gasteiger partial charge in [0, 0.05) is 18.0 Å². The average Bonchev–Trinajstić information content (AvgIpc) is 2.61. The third kappa shape index (κ3) is 3.90. The number of hydrogen-bond acceptors (Lipinski definition) is 7. The van der Waals surface area contributed by atoms with E-state index in [9.17, 15) is 14.9 Å². The number of hydrogen-bond donors (Lipinski definition) is 1. The van der Waals surface area contributed by atoms with Gasteiger partial charge in [0.25, 0.3) is 0 Å². The van der Waals surface area contributed by atoms with Crippen LogP contribution < -0.4 is 5.32 Å². The third-order valence-electron chi connectivity index (χ3n) is 3.63. The van der Waals surface area contributed by atoms with Crippen molar-refractivity contribution < 1.29 is 14.5 Å². The van der Waals surface area contributed by atoms with Gasteiger partial charge < -0.3 is 10.1 Å². The first kappa shape index (κ1) is 17.9. The predicted octanol–water partition coefficient (Wildman–Crippen LogP) is 3.32. The molecular weight excluding hydrogens is 324 g/mol. The van der Waals surface area contributed by atoms with Gasteiger partial charge in [-0.25, -0.2) is 9.78 Å². The number of nitrogens with one attached hydrogen (secondary N) is 1. The molecule has 8 heteroatoms. The minimum absolute atomic E-state index is 0.00458. The summed E-state index contributed by atoms with van der Waals surface area (Å²) in [6.07, 6.45) is 1.20. The first-order chi connectivity index (χ1) is 11.8. The Morgan fingerprint density at radius 2 is 2.00 bits per heavy atom. The summed E-state index contributed by atoms with van der Waals surface area (Å²) >= 11 is 0. The summed E-state index contributed by atoms with van der Waals surface area (Å²) in [5, 5.41) is 23.2. The molecule has 25 heavy (non-hydrogen) atoms. The molecule has 0 atom stereocenters. The van der Waals surface area contributed by atoms with Crippen molar-refractivity contribution in [3.8, 4) is 6.07 Å². The van der Waals surface area contributed by atoms with Crippen LogP contribution in [0.3, 0.4) is 0 Å². The van der Waals surface area contributed by atoms with Crippen molar-refractivity contribution in [2.45, 2.75) is 19.3 Å². The van der Waals surface area contributed by atoms with Crippen LogP contribution in [0.2, 0.25) is 0 Å². The number of rotatable bonds is 5. The molecule has 128 valence electrons. The average molecular weight is 340 g/mol. The topological polar surface area (TPSA) is 118 Å². The maximum absolute atomic E-state index is 11.5. The summed E-state index contributed by atoms with van der Waals surface area (Å²) in [6.45, 7) is 3.60. The lowest BCUT2D eigenvalue weighted by molar-refractivity contribution is -0.384. The lowest BCUT2D eigenvalue weighted by atomic mass is 9.86. The quantitative estimate of drug-likeness (QED) is 0.504. The first-order valence-corrected chi connectivity index (χ1v) is 7.30. The monoisotopic (exact) mass is 340 g/mol. The molecule has 0 bridgehead atoms. The normalized spacial score (nSPS) is 10.6. The van der Waals surface area contributed by atoms with Crippen LogP contribution in [0.15, 0.2) is 36.5 Å². The molecule has 0 amide bonds. The van der Waals surface area contributed by atoms with Gasteiger partial charge in [0.15, 0.2) is 0 Å². The lowest BCUT2D eigenvalue weighted by Gasteiger charge is -2.16. The minimum atomic E-state index is -0.703. The number of carbonyl (C=O) groups is 1. The van der Waals surface area contributed by atoms with Gasteiger partial charge in [0.2, 0.25) is 5.82 Å². The zero-order chi connectivity index (χ0) is 18.6. The van der Waals surface area contributed by atoms with Crippen LogP contribution in [0.5, 0.6) is 0 Å². The Morgan fingerprint density at radius 1 is 1.36 bits per heavy atom. The number of nitro groups is 1. The van der Waals surface area contributed by atoms with Gasteiger partial charge in [-0.1, -0.05) is 12.1 Å². The molecule has 2 rings (SSSR count). The zero-order valence-electron chi connectivity index (χ0n) is 13.9. The maximum Gasteiger partial charge on any atom is 0.339 e. The summed E-state index contributed by atoms with van der Waals surface area (Å²) < 4.78 is 4.54. The van der Waals surface area contributed by atoms with E-state index in [-0.39, 0.29) is 17.1 Å². The smallest absolute Gasteiger partial charge is 0.339 e. The van der Waals surface area contributed by atoms with E-state index in [4.69, 9.17) is 5.26 Å². The summed E-state index contributed by atoms with van der Waals surface area (Å²) in [4.78, 5) is 26.0. The minimum Gasteiger partial charge on any atom is -0.465 e. The number of anilines is 2. The van der Waals surface area contributed by atoms with E-state index in [0.717, 1.165) is 11.6 Å². The van der Waals surface area contributed by atoms with Crippen molar-refractivity contribution in [2.24, 2.45) is 0 Å². The Kier molecular flexibility index (Phi) is 4.98. The van der Waals surface area contributed by atoms with Gasteiger partial charge in [0.05, 0.1) is 29.1 Å². The van der Waals surface area contributed by atoms with E-state index in [1.165, 1.54) is 13.3 Å². The number of nitrogens with zero attached hydrogens (tertiary/aromatic N) is 3. The fourth-order valence-corrected chi connectivity index (χ4v) is 2.09. The molecule has 0 spiro atoms. The van der Waals surface area contributed by atoms with Gasteiger partial charge in [-0.3, -0.25) is 10.1 Å². The van der Waals surface area contributed by atoms with Crippen LogP contribution in [-0.2, 0) is 10.2 Å². The number of carbonyl (C=O) groups excluding carboxylic acids is 1. The van der Waals surface area contributed by atoms with E-state index < -0.39 is 16.3 Å². The van der Waals surface area contributed by atoms with Crippen molar-refractivity contribution in [1.29, 1.82) is 5.26 Å². The highest BCUT2D eigenvalue weighted by Crippen LogP contribution is 2.28. The second-order valence-corrected chi connectivity index (χ2v) is 5.78. The Balaban J connectivity index is 2.32. The molecule has 8 nitrogen and oxygen atoms in total. The maximum atomic E-state index is 11.5. The van der Waals surface area contributed by atoms with Crippen molar-refractivity contribution in [3.05, 3.63) is 57.8 Å². The Bertz CT molecular complexity index is 854. The predicted molar refractivity (Wildman–Crippen MR) is 90.6 cm³/mol. The molecule has 0 aliphatic rings. The van der Waals surface area contributed by atoms with Crippen LogP contribution in [0.4, 0.5) is 17.2 Å².